The van der Waals surface area contributed by atoms with Gasteiger partial charge in [0.2, 0.25) is 0 Å². The zero-order chi connectivity index (χ0) is 15.5. The van der Waals surface area contributed by atoms with Crippen molar-refractivity contribution in [2.75, 3.05) is 0 Å². The second-order valence-electron chi connectivity index (χ2n) is 7.27. The van der Waals surface area contributed by atoms with E-state index >= 15 is 0 Å². The Labute approximate surface area is 132 Å². The summed E-state index contributed by atoms with van der Waals surface area (Å²) in [4.78, 5) is 4.62. The first-order valence-corrected chi connectivity index (χ1v) is 8.82. The van der Waals surface area contributed by atoms with Crippen LogP contribution in [0.25, 0.3) is 0 Å². The SMILES string of the molecule is CC(C)(C)c1nc(C(O)C2(C#N)CCCCCCC2)cs1. The molecule has 21 heavy (non-hydrogen) atoms. The van der Waals surface area contributed by atoms with Crippen molar-refractivity contribution in [3.63, 3.8) is 0 Å². The smallest absolute Gasteiger partial charge is 0.115 e. The minimum absolute atomic E-state index is 0.0105. The molecule has 1 unspecified atom stereocenters. The molecule has 0 aliphatic heterocycles. The minimum Gasteiger partial charge on any atom is -0.385 e. The lowest BCUT2D eigenvalue weighted by Gasteiger charge is -2.32. The molecular formula is C17H26N2OS. The lowest BCUT2D eigenvalue weighted by Crippen LogP contribution is -2.29. The van der Waals surface area contributed by atoms with Gasteiger partial charge in [-0.1, -0.05) is 52.9 Å². The van der Waals surface area contributed by atoms with Crippen molar-refractivity contribution in [3.8, 4) is 6.07 Å². The van der Waals surface area contributed by atoms with Crippen LogP contribution < -0.4 is 0 Å². The largest absolute Gasteiger partial charge is 0.385 e. The summed E-state index contributed by atoms with van der Waals surface area (Å²) in [7, 11) is 0. The van der Waals surface area contributed by atoms with Gasteiger partial charge in [0, 0.05) is 10.8 Å². The van der Waals surface area contributed by atoms with Gasteiger partial charge in [-0.2, -0.15) is 5.26 Å². The van der Waals surface area contributed by atoms with Gasteiger partial charge in [0.25, 0.3) is 0 Å². The molecule has 0 spiro atoms. The molecule has 0 amide bonds. The highest BCUT2D eigenvalue weighted by molar-refractivity contribution is 7.09. The summed E-state index contributed by atoms with van der Waals surface area (Å²) in [5.74, 6) is 0. The van der Waals surface area contributed by atoms with Crippen molar-refractivity contribution < 1.29 is 5.11 Å². The van der Waals surface area contributed by atoms with Crippen LogP contribution in [0.1, 0.15) is 82.5 Å². The van der Waals surface area contributed by atoms with Crippen LogP contribution in [0.2, 0.25) is 0 Å². The van der Waals surface area contributed by atoms with Crippen molar-refractivity contribution in [3.05, 3.63) is 16.1 Å². The van der Waals surface area contributed by atoms with Crippen LogP contribution in [0.4, 0.5) is 0 Å². The quantitative estimate of drug-likeness (QED) is 0.859. The van der Waals surface area contributed by atoms with Gasteiger partial charge < -0.3 is 5.11 Å². The van der Waals surface area contributed by atoms with Crippen molar-refractivity contribution in [1.82, 2.24) is 4.98 Å². The summed E-state index contributed by atoms with van der Waals surface area (Å²) >= 11 is 1.59. The van der Waals surface area contributed by atoms with Gasteiger partial charge in [-0.3, -0.25) is 0 Å². The van der Waals surface area contributed by atoms with E-state index in [4.69, 9.17) is 0 Å². The van der Waals surface area contributed by atoms with Crippen LogP contribution in [0.3, 0.4) is 0 Å². The third-order valence-corrected chi connectivity index (χ3v) is 5.72. The highest BCUT2D eigenvalue weighted by Crippen LogP contribution is 2.44. The molecule has 1 aliphatic carbocycles. The molecule has 1 fully saturated rings. The normalized spacial score (nSPS) is 21.1. The Morgan fingerprint density at radius 1 is 1.24 bits per heavy atom. The summed E-state index contributed by atoms with van der Waals surface area (Å²) in [5, 5.41) is 23.5. The van der Waals surface area contributed by atoms with E-state index < -0.39 is 11.5 Å². The van der Waals surface area contributed by atoms with E-state index in [1.54, 1.807) is 11.3 Å². The minimum atomic E-state index is -0.757. The standard InChI is InChI=1S/C17H26N2OS/c1-16(2,3)15-19-13(11-21-15)14(20)17(12-18)9-7-5-4-6-8-10-17/h11,14,20H,4-10H2,1-3H3. The van der Waals surface area contributed by atoms with Crippen molar-refractivity contribution in [2.24, 2.45) is 5.41 Å². The highest BCUT2D eigenvalue weighted by atomic mass is 32.1. The number of hydrogen-bond acceptors (Lipinski definition) is 4. The Balaban J connectivity index is 2.24. The maximum absolute atomic E-state index is 10.8. The van der Waals surface area contributed by atoms with Gasteiger partial charge in [0.05, 0.1) is 22.2 Å². The number of nitriles is 1. The highest BCUT2D eigenvalue weighted by Gasteiger charge is 2.40. The second kappa shape index (κ2) is 6.46. The van der Waals surface area contributed by atoms with Crippen LogP contribution in [-0.2, 0) is 5.41 Å². The number of aliphatic hydroxyl groups is 1. The Morgan fingerprint density at radius 2 is 1.81 bits per heavy atom. The maximum Gasteiger partial charge on any atom is 0.115 e. The van der Waals surface area contributed by atoms with E-state index in [0.29, 0.717) is 5.69 Å². The van der Waals surface area contributed by atoms with Crippen LogP contribution in [0.5, 0.6) is 0 Å². The van der Waals surface area contributed by atoms with E-state index in [-0.39, 0.29) is 5.41 Å². The average molecular weight is 306 g/mol. The molecule has 1 aliphatic rings. The van der Waals surface area contributed by atoms with Crippen LogP contribution in [-0.4, -0.2) is 10.1 Å². The first-order valence-electron chi connectivity index (χ1n) is 7.94. The van der Waals surface area contributed by atoms with E-state index in [1.807, 2.05) is 5.38 Å². The fourth-order valence-electron chi connectivity index (χ4n) is 3.02. The molecule has 0 aromatic carbocycles. The predicted octanol–water partition coefficient (Wildman–Crippen LogP) is 4.73. The zero-order valence-electron chi connectivity index (χ0n) is 13.4. The molecule has 1 aromatic heterocycles. The fraction of sp³-hybridized carbons (Fsp3) is 0.765. The molecule has 0 bridgehead atoms. The summed E-state index contributed by atoms with van der Waals surface area (Å²) < 4.78 is 0. The molecule has 116 valence electrons. The molecular weight excluding hydrogens is 280 g/mol. The number of hydrogen-bond donors (Lipinski definition) is 1. The molecule has 1 saturated carbocycles. The Kier molecular flexibility index (Phi) is 5.06. The van der Waals surface area contributed by atoms with Gasteiger partial charge in [-0.05, 0) is 12.8 Å². The molecule has 3 nitrogen and oxygen atoms in total. The van der Waals surface area contributed by atoms with E-state index in [9.17, 15) is 10.4 Å². The Morgan fingerprint density at radius 3 is 2.29 bits per heavy atom. The van der Waals surface area contributed by atoms with Crippen molar-refractivity contribution in [2.45, 2.75) is 77.2 Å². The third-order valence-electron chi connectivity index (χ3n) is 4.44. The number of aliphatic hydroxyl groups excluding tert-OH is 1. The molecule has 1 atom stereocenters. The van der Waals surface area contributed by atoms with Crippen molar-refractivity contribution >= 4 is 11.3 Å². The predicted molar refractivity (Wildman–Crippen MR) is 86.1 cm³/mol. The molecule has 0 saturated heterocycles. The fourth-order valence-corrected chi connectivity index (χ4v) is 3.95. The number of thiazole rings is 1. The van der Waals surface area contributed by atoms with Gasteiger partial charge in [-0.25, -0.2) is 4.98 Å². The summed E-state index contributed by atoms with van der Waals surface area (Å²) in [6.45, 7) is 6.37. The number of aromatic nitrogens is 1. The van der Waals surface area contributed by atoms with E-state index in [0.717, 1.165) is 30.7 Å². The average Bonchev–Trinajstić information content (AvgIpc) is 2.88. The molecule has 1 N–H and O–H groups in total. The van der Waals surface area contributed by atoms with Crippen LogP contribution in [0, 0.1) is 16.7 Å². The number of rotatable bonds is 2. The van der Waals surface area contributed by atoms with Crippen LogP contribution in [0.15, 0.2) is 5.38 Å². The molecule has 4 heteroatoms. The lowest BCUT2D eigenvalue weighted by atomic mass is 9.72. The number of nitrogens with zero attached hydrogens (tertiary/aromatic N) is 2. The monoisotopic (exact) mass is 306 g/mol. The molecule has 2 rings (SSSR count). The molecule has 0 radical (unpaired) electrons. The first kappa shape index (κ1) is 16.5. The second-order valence-corrected chi connectivity index (χ2v) is 8.12. The summed E-state index contributed by atoms with van der Waals surface area (Å²) in [6, 6.07) is 2.45. The lowest BCUT2D eigenvalue weighted by molar-refractivity contribution is 0.0404. The van der Waals surface area contributed by atoms with Gasteiger partial charge in [0.1, 0.15) is 6.10 Å². The topological polar surface area (TPSA) is 56.9 Å². The molecule has 1 aromatic rings. The molecule has 1 heterocycles. The van der Waals surface area contributed by atoms with Gasteiger partial charge in [-0.15, -0.1) is 11.3 Å². The maximum atomic E-state index is 10.8. The van der Waals surface area contributed by atoms with Gasteiger partial charge in [0.15, 0.2) is 0 Å². The van der Waals surface area contributed by atoms with E-state index in [1.165, 1.54) is 19.3 Å². The Hall–Kier alpha value is -0.920. The summed E-state index contributed by atoms with van der Waals surface area (Å²) in [6.07, 6.45) is 6.46. The third kappa shape index (κ3) is 3.64. The Bertz CT molecular complexity index is 502. The first-order chi connectivity index (χ1) is 9.89. The van der Waals surface area contributed by atoms with E-state index in [2.05, 4.69) is 31.8 Å². The van der Waals surface area contributed by atoms with Crippen LogP contribution >= 0.6 is 11.3 Å². The summed E-state index contributed by atoms with van der Waals surface area (Å²) in [5.41, 5.74) is 0.0274. The van der Waals surface area contributed by atoms with Gasteiger partial charge >= 0.3 is 0 Å². The van der Waals surface area contributed by atoms with Crippen molar-refractivity contribution in [1.29, 1.82) is 5.26 Å². The zero-order valence-corrected chi connectivity index (χ0v) is 14.2.